The lowest BCUT2D eigenvalue weighted by molar-refractivity contribution is -0.132. The number of anilines is 1. The molecule has 0 radical (unpaired) electrons. The average Bonchev–Trinajstić information content (AvgIpc) is 3.02. The molecule has 1 N–H and O–H groups in total. The van der Waals surface area contributed by atoms with Crippen LogP contribution in [0.25, 0.3) is 0 Å². The minimum Gasteiger partial charge on any atom is -0.384 e. The SMILES string of the molecule is Cc1nc(CN2CCN(C(=O)CCNc3ccccc3C)CC2)cs1. The number of carbonyl (C=O) groups excluding carboxylic acids is 1. The summed E-state index contributed by atoms with van der Waals surface area (Å²) in [6.07, 6.45) is 0.541. The van der Waals surface area contributed by atoms with E-state index in [-0.39, 0.29) is 5.91 Å². The highest BCUT2D eigenvalue weighted by atomic mass is 32.1. The second kappa shape index (κ2) is 8.45. The van der Waals surface area contributed by atoms with Crippen LogP contribution < -0.4 is 5.32 Å². The van der Waals surface area contributed by atoms with Crippen molar-refractivity contribution >= 4 is 22.9 Å². The Bertz CT molecular complexity index is 707. The highest BCUT2D eigenvalue weighted by molar-refractivity contribution is 7.09. The fourth-order valence-electron chi connectivity index (χ4n) is 3.10. The number of amides is 1. The van der Waals surface area contributed by atoms with Gasteiger partial charge in [0.2, 0.25) is 5.91 Å². The van der Waals surface area contributed by atoms with E-state index in [4.69, 9.17) is 0 Å². The first-order valence-corrected chi connectivity index (χ1v) is 9.70. The maximum absolute atomic E-state index is 12.4. The fourth-order valence-corrected chi connectivity index (χ4v) is 3.70. The number of rotatable bonds is 6. The molecule has 2 aromatic rings. The summed E-state index contributed by atoms with van der Waals surface area (Å²) in [5, 5.41) is 6.61. The molecule has 1 saturated heterocycles. The number of nitrogens with one attached hydrogen (secondary N) is 1. The number of benzene rings is 1. The van der Waals surface area contributed by atoms with Crippen molar-refractivity contribution in [1.82, 2.24) is 14.8 Å². The van der Waals surface area contributed by atoms with Crippen LogP contribution in [-0.2, 0) is 11.3 Å². The van der Waals surface area contributed by atoms with Crippen molar-refractivity contribution in [3.8, 4) is 0 Å². The molecule has 1 aliphatic rings. The molecule has 0 saturated carbocycles. The Labute approximate surface area is 153 Å². The van der Waals surface area contributed by atoms with E-state index >= 15 is 0 Å². The Morgan fingerprint density at radius 1 is 1.20 bits per heavy atom. The molecular formula is C19H26N4OS. The second-order valence-electron chi connectivity index (χ2n) is 6.51. The molecule has 0 bridgehead atoms. The van der Waals surface area contributed by atoms with E-state index in [1.54, 1.807) is 11.3 Å². The van der Waals surface area contributed by atoms with Gasteiger partial charge in [0.25, 0.3) is 0 Å². The molecule has 0 unspecified atom stereocenters. The summed E-state index contributed by atoms with van der Waals surface area (Å²) in [6, 6.07) is 8.17. The van der Waals surface area contributed by atoms with Gasteiger partial charge in [-0.05, 0) is 25.5 Å². The highest BCUT2D eigenvalue weighted by Crippen LogP contribution is 2.14. The molecule has 0 atom stereocenters. The lowest BCUT2D eigenvalue weighted by Gasteiger charge is -2.34. The van der Waals surface area contributed by atoms with Crippen LogP contribution >= 0.6 is 11.3 Å². The molecule has 1 aromatic carbocycles. The molecule has 6 heteroatoms. The third kappa shape index (κ3) is 5.03. The summed E-state index contributed by atoms with van der Waals surface area (Å²) in [7, 11) is 0. The fraction of sp³-hybridized carbons (Fsp3) is 0.474. The zero-order valence-electron chi connectivity index (χ0n) is 15.0. The number of aromatic nitrogens is 1. The molecule has 5 nitrogen and oxygen atoms in total. The van der Waals surface area contributed by atoms with Crippen molar-refractivity contribution in [3.63, 3.8) is 0 Å². The van der Waals surface area contributed by atoms with Crippen LogP contribution in [0.5, 0.6) is 0 Å². The smallest absolute Gasteiger partial charge is 0.224 e. The van der Waals surface area contributed by atoms with E-state index in [1.165, 1.54) is 5.56 Å². The van der Waals surface area contributed by atoms with Crippen molar-refractivity contribution in [2.75, 3.05) is 38.0 Å². The molecule has 1 aliphatic heterocycles. The maximum atomic E-state index is 12.4. The van der Waals surface area contributed by atoms with Gasteiger partial charge in [-0.1, -0.05) is 18.2 Å². The normalized spacial score (nSPS) is 15.4. The Morgan fingerprint density at radius 3 is 2.64 bits per heavy atom. The third-order valence-corrected chi connectivity index (χ3v) is 5.40. The molecule has 0 aliphatic carbocycles. The van der Waals surface area contributed by atoms with Crippen LogP contribution in [-0.4, -0.2) is 53.4 Å². The van der Waals surface area contributed by atoms with Crippen molar-refractivity contribution < 1.29 is 4.79 Å². The first kappa shape index (κ1) is 17.9. The molecule has 1 aromatic heterocycles. The van der Waals surface area contributed by atoms with Crippen LogP contribution in [0.15, 0.2) is 29.6 Å². The molecule has 3 rings (SSSR count). The van der Waals surface area contributed by atoms with E-state index in [2.05, 4.69) is 39.6 Å². The molecular weight excluding hydrogens is 332 g/mol. The van der Waals surface area contributed by atoms with Gasteiger partial charge < -0.3 is 10.2 Å². The minimum absolute atomic E-state index is 0.241. The average molecular weight is 359 g/mol. The van der Waals surface area contributed by atoms with Gasteiger partial charge in [-0.2, -0.15) is 0 Å². The molecule has 134 valence electrons. The monoisotopic (exact) mass is 358 g/mol. The zero-order chi connectivity index (χ0) is 17.6. The number of para-hydroxylation sites is 1. The van der Waals surface area contributed by atoms with E-state index in [0.717, 1.165) is 49.1 Å². The predicted octanol–water partition coefficient (Wildman–Crippen LogP) is 2.91. The van der Waals surface area contributed by atoms with E-state index in [1.807, 2.05) is 24.0 Å². The standard InChI is InChI=1S/C19H26N4OS/c1-15-5-3-4-6-18(15)20-8-7-19(24)23-11-9-22(10-12-23)13-17-14-25-16(2)21-17/h3-6,14,20H,7-13H2,1-2H3. The van der Waals surface area contributed by atoms with Gasteiger partial charge in [-0.15, -0.1) is 11.3 Å². The third-order valence-electron chi connectivity index (χ3n) is 4.58. The number of thiazole rings is 1. The van der Waals surface area contributed by atoms with Gasteiger partial charge in [-0.25, -0.2) is 4.98 Å². The quantitative estimate of drug-likeness (QED) is 0.863. The van der Waals surface area contributed by atoms with E-state index < -0.39 is 0 Å². The lowest BCUT2D eigenvalue weighted by atomic mass is 10.2. The van der Waals surface area contributed by atoms with Crippen molar-refractivity contribution in [3.05, 3.63) is 45.9 Å². The Balaban J connectivity index is 1.38. The van der Waals surface area contributed by atoms with Crippen LogP contribution in [0.4, 0.5) is 5.69 Å². The first-order chi connectivity index (χ1) is 12.1. The number of aryl methyl sites for hydroxylation is 2. The zero-order valence-corrected chi connectivity index (χ0v) is 15.8. The Kier molecular flexibility index (Phi) is 6.04. The largest absolute Gasteiger partial charge is 0.384 e. The summed E-state index contributed by atoms with van der Waals surface area (Å²) >= 11 is 1.70. The number of carbonyl (C=O) groups is 1. The predicted molar refractivity (Wildman–Crippen MR) is 103 cm³/mol. The maximum Gasteiger partial charge on any atom is 0.224 e. The van der Waals surface area contributed by atoms with Crippen molar-refractivity contribution in [1.29, 1.82) is 0 Å². The second-order valence-corrected chi connectivity index (χ2v) is 7.57. The van der Waals surface area contributed by atoms with Gasteiger partial charge in [0.05, 0.1) is 10.7 Å². The van der Waals surface area contributed by atoms with Gasteiger partial charge in [0, 0.05) is 56.8 Å². The van der Waals surface area contributed by atoms with Crippen LogP contribution in [0, 0.1) is 13.8 Å². The minimum atomic E-state index is 0.241. The molecule has 25 heavy (non-hydrogen) atoms. The van der Waals surface area contributed by atoms with Gasteiger partial charge in [-0.3, -0.25) is 9.69 Å². The summed E-state index contributed by atoms with van der Waals surface area (Å²) in [4.78, 5) is 21.3. The topological polar surface area (TPSA) is 48.5 Å². The number of hydrogen-bond donors (Lipinski definition) is 1. The lowest BCUT2D eigenvalue weighted by Crippen LogP contribution is -2.48. The van der Waals surface area contributed by atoms with Crippen molar-refractivity contribution in [2.24, 2.45) is 0 Å². The number of hydrogen-bond acceptors (Lipinski definition) is 5. The Morgan fingerprint density at radius 2 is 1.96 bits per heavy atom. The molecule has 1 fully saturated rings. The van der Waals surface area contributed by atoms with Gasteiger partial charge in [0.1, 0.15) is 0 Å². The van der Waals surface area contributed by atoms with Gasteiger partial charge in [0.15, 0.2) is 0 Å². The van der Waals surface area contributed by atoms with Crippen molar-refractivity contribution in [2.45, 2.75) is 26.8 Å². The summed E-state index contributed by atoms with van der Waals surface area (Å²) in [5.41, 5.74) is 3.46. The summed E-state index contributed by atoms with van der Waals surface area (Å²) in [6.45, 7) is 9.16. The molecule has 0 spiro atoms. The van der Waals surface area contributed by atoms with Crippen LogP contribution in [0.1, 0.15) is 22.7 Å². The number of piperazine rings is 1. The summed E-state index contributed by atoms with van der Waals surface area (Å²) in [5.74, 6) is 0.241. The number of nitrogens with zero attached hydrogens (tertiary/aromatic N) is 3. The van der Waals surface area contributed by atoms with E-state index in [9.17, 15) is 4.79 Å². The Hall–Kier alpha value is -1.92. The van der Waals surface area contributed by atoms with Crippen LogP contribution in [0.3, 0.4) is 0 Å². The first-order valence-electron chi connectivity index (χ1n) is 8.82. The summed E-state index contributed by atoms with van der Waals surface area (Å²) < 4.78 is 0. The van der Waals surface area contributed by atoms with Gasteiger partial charge >= 0.3 is 0 Å². The van der Waals surface area contributed by atoms with Crippen LogP contribution in [0.2, 0.25) is 0 Å². The molecule has 1 amide bonds. The molecule has 2 heterocycles. The highest BCUT2D eigenvalue weighted by Gasteiger charge is 2.21. The van der Waals surface area contributed by atoms with E-state index in [0.29, 0.717) is 13.0 Å².